The van der Waals surface area contributed by atoms with Crippen molar-refractivity contribution in [3.05, 3.63) is 12.7 Å². The average molecular weight is 217 g/mol. The van der Waals surface area contributed by atoms with Gasteiger partial charge in [0, 0.05) is 6.54 Å². The summed E-state index contributed by atoms with van der Waals surface area (Å²) in [6, 6.07) is 0. The highest BCUT2D eigenvalue weighted by Gasteiger charge is 2.46. The molecule has 0 radical (unpaired) electrons. The molecule has 13 heavy (non-hydrogen) atoms. The Kier molecular flexibility index (Phi) is 3.38. The predicted molar refractivity (Wildman–Crippen MR) is 61.8 cm³/mol. The van der Waals surface area contributed by atoms with E-state index < -0.39 is 5.72 Å². The van der Waals surface area contributed by atoms with Gasteiger partial charge in [-0.15, -0.1) is 6.58 Å². The van der Waals surface area contributed by atoms with Crippen molar-refractivity contribution in [1.82, 2.24) is 4.90 Å². The molecule has 2 nitrogen and oxygen atoms in total. The molecule has 0 amide bonds. The Labute approximate surface area is 89.0 Å². The van der Waals surface area contributed by atoms with Crippen LogP contribution in [-0.4, -0.2) is 31.8 Å². The molecule has 0 aliphatic carbocycles. The minimum Gasteiger partial charge on any atom is -0.370 e. The van der Waals surface area contributed by atoms with E-state index in [0.717, 1.165) is 4.32 Å². The first-order valence-corrected chi connectivity index (χ1v) is 5.66. The molecular weight excluding hydrogens is 202 g/mol. The van der Waals surface area contributed by atoms with Crippen LogP contribution in [0, 0.1) is 0 Å². The van der Waals surface area contributed by atoms with Gasteiger partial charge < -0.3 is 10.0 Å². The molecule has 0 saturated carbocycles. The first-order chi connectivity index (χ1) is 6.06. The monoisotopic (exact) mass is 217 g/mol. The topological polar surface area (TPSA) is 23.5 Å². The van der Waals surface area contributed by atoms with Gasteiger partial charge in [0.1, 0.15) is 4.32 Å². The summed E-state index contributed by atoms with van der Waals surface area (Å²) < 4.78 is 0.775. The molecule has 1 rings (SSSR count). The van der Waals surface area contributed by atoms with Gasteiger partial charge in [-0.2, -0.15) is 0 Å². The second kappa shape index (κ2) is 3.98. The van der Waals surface area contributed by atoms with E-state index in [1.165, 1.54) is 0 Å². The molecule has 0 aromatic heterocycles. The van der Waals surface area contributed by atoms with Crippen molar-refractivity contribution in [3.8, 4) is 0 Å². The van der Waals surface area contributed by atoms with Crippen molar-refractivity contribution in [2.24, 2.45) is 0 Å². The van der Waals surface area contributed by atoms with Gasteiger partial charge in [-0.25, -0.2) is 0 Å². The average Bonchev–Trinajstić information content (AvgIpc) is 2.31. The van der Waals surface area contributed by atoms with Gasteiger partial charge in [0.2, 0.25) is 0 Å². The molecule has 1 saturated heterocycles. The van der Waals surface area contributed by atoms with E-state index in [4.69, 9.17) is 12.2 Å². The van der Waals surface area contributed by atoms with Gasteiger partial charge in [0.05, 0.1) is 5.25 Å². The molecule has 0 aromatic carbocycles. The number of thioether (sulfide) groups is 1. The third-order valence-electron chi connectivity index (χ3n) is 2.45. The van der Waals surface area contributed by atoms with Crippen LogP contribution in [0.1, 0.15) is 20.3 Å². The Morgan fingerprint density at radius 1 is 1.85 bits per heavy atom. The second-order valence-electron chi connectivity index (χ2n) is 3.16. The zero-order chi connectivity index (χ0) is 10.1. The minimum absolute atomic E-state index is 0.143. The van der Waals surface area contributed by atoms with Crippen LogP contribution in [-0.2, 0) is 0 Å². The molecule has 4 heteroatoms. The maximum Gasteiger partial charge on any atom is 0.151 e. The van der Waals surface area contributed by atoms with Crippen LogP contribution in [0.25, 0.3) is 0 Å². The summed E-state index contributed by atoms with van der Waals surface area (Å²) in [5.74, 6) is 0. The summed E-state index contributed by atoms with van der Waals surface area (Å²) in [5.41, 5.74) is -0.782. The van der Waals surface area contributed by atoms with Gasteiger partial charge in [0.25, 0.3) is 0 Å². The molecule has 1 heterocycles. The summed E-state index contributed by atoms with van der Waals surface area (Å²) >= 11 is 6.74. The van der Waals surface area contributed by atoms with Crippen LogP contribution >= 0.6 is 24.0 Å². The maximum atomic E-state index is 10.3. The molecule has 1 aliphatic heterocycles. The number of rotatable bonds is 3. The van der Waals surface area contributed by atoms with Gasteiger partial charge in [-0.1, -0.05) is 37.0 Å². The fourth-order valence-electron chi connectivity index (χ4n) is 1.53. The zero-order valence-corrected chi connectivity index (χ0v) is 9.62. The van der Waals surface area contributed by atoms with Crippen molar-refractivity contribution < 1.29 is 5.11 Å². The van der Waals surface area contributed by atoms with Crippen molar-refractivity contribution in [2.45, 2.75) is 31.2 Å². The quantitative estimate of drug-likeness (QED) is 0.577. The molecule has 1 fully saturated rings. The Balaban J connectivity index is 2.89. The van der Waals surface area contributed by atoms with Crippen LogP contribution in [0.3, 0.4) is 0 Å². The van der Waals surface area contributed by atoms with E-state index >= 15 is 0 Å². The van der Waals surface area contributed by atoms with Gasteiger partial charge in [0.15, 0.2) is 5.72 Å². The maximum absolute atomic E-state index is 10.3. The molecule has 74 valence electrons. The SMILES string of the molecule is C=CCN1C(=S)SC(C)C1(O)CC. The van der Waals surface area contributed by atoms with E-state index in [9.17, 15) is 5.11 Å². The molecule has 2 unspecified atom stereocenters. The summed E-state index contributed by atoms with van der Waals surface area (Å²) in [6.07, 6.45) is 2.46. The van der Waals surface area contributed by atoms with Crippen molar-refractivity contribution in [3.63, 3.8) is 0 Å². The highest BCUT2D eigenvalue weighted by Crippen LogP contribution is 2.39. The predicted octanol–water partition coefficient (Wildman–Crippen LogP) is 1.99. The van der Waals surface area contributed by atoms with E-state index in [1.54, 1.807) is 17.8 Å². The van der Waals surface area contributed by atoms with Crippen molar-refractivity contribution >= 4 is 28.3 Å². The van der Waals surface area contributed by atoms with Gasteiger partial charge >= 0.3 is 0 Å². The summed E-state index contributed by atoms with van der Waals surface area (Å²) in [7, 11) is 0. The first-order valence-electron chi connectivity index (χ1n) is 4.37. The van der Waals surface area contributed by atoms with Crippen molar-refractivity contribution in [1.29, 1.82) is 0 Å². The Morgan fingerprint density at radius 3 is 2.92 bits per heavy atom. The number of thiocarbonyl (C=S) groups is 1. The lowest BCUT2D eigenvalue weighted by atomic mass is 10.1. The Bertz CT molecular complexity index is 232. The van der Waals surface area contributed by atoms with Crippen LogP contribution in [0.4, 0.5) is 0 Å². The van der Waals surface area contributed by atoms with Crippen LogP contribution in [0.5, 0.6) is 0 Å². The highest BCUT2D eigenvalue weighted by atomic mass is 32.2. The number of aliphatic hydroxyl groups is 1. The lowest BCUT2D eigenvalue weighted by molar-refractivity contribution is -0.0573. The smallest absolute Gasteiger partial charge is 0.151 e. The van der Waals surface area contributed by atoms with Crippen LogP contribution in [0.2, 0.25) is 0 Å². The van der Waals surface area contributed by atoms with E-state index in [2.05, 4.69) is 6.58 Å². The summed E-state index contributed by atoms with van der Waals surface area (Å²) in [4.78, 5) is 1.85. The van der Waals surface area contributed by atoms with Gasteiger partial charge in [-0.3, -0.25) is 0 Å². The largest absolute Gasteiger partial charge is 0.370 e. The van der Waals surface area contributed by atoms with Gasteiger partial charge in [-0.05, 0) is 13.3 Å². The van der Waals surface area contributed by atoms with E-state index in [0.29, 0.717) is 13.0 Å². The third-order valence-corrected chi connectivity index (χ3v) is 4.11. The summed E-state index contributed by atoms with van der Waals surface area (Å²) in [5, 5.41) is 10.4. The molecule has 1 N–H and O–H groups in total. The first kappa shape index (κ1) is 11.0. The fraction of sp³-hybridized carbons (Fsp3) is 0.667. The number of hydrogen-bond acceptors (Lipinski definition) is 3. The number of hydrogen-bond donors (Lipinski definition) is 1. The third kappa shape index (κ3) is 1.75. The number of nitrogens with zero attached hydrogens (tertiary/aromatic N) is 1. The lowest BCUT2D eigenvalue weighted by Crippen LogP contribution is -2.49. The molecular formula is C9H15NOS2. The van der Waals surface area contributed by atoms with Crippen LogP contribution in [0.15, 0.2) is 12.7 Å². The lowest BCUT2D eigenvalue weighted by Gasteiger charge is -2.34. The summed E-state index contributed by atoms with van der Waals surface area (Å²) in [6.45, 7) is 8.26. The highest BCUT2D eigenvalue weighted by molar-refractivity contribution is 8.23. The normalized spacial score (nSPS) is 33.9. The zero-order valence-electron chi connectivity index (χ0n) is 7.99. The second-order valence-corrected chi connectivity index (χ2v) is 5.13. The minimum atomic E-state index is -0.782. The molecule has 2 atom stereocenters. The van der Waals surface area contributed by atoms with Crippen LogP contribution < -0.4 is 0 Å². The van der Waals surface area contributed by atoms with E-state index in [-0.39, 0.29) is 5.25 Å². The standard InChI is InChI=1S/C9H15NOS2/c1-4-6-10-8(12)13-7(3)9(10,11)5-2/h4,7,11H,1,5-6H2,2-3H3. The Hall–Kier alpha value is -0.0600. The molecule has 0 spiro atoms. The van der Waals surface area contributed by atoms with E-state index in [1.807, 2.05) is 18.7 Å². The Morgan fingerprint density at radius 2 is 2.46 bits per heavy atom. The molecule has 0 aromatic rings. The van der Waals surface area contributed by atoms with Crippen molar-refractivity contribution in [2.75, 3.05) is 6.54 Å². The molecule has 1 aliphatic rings. The molecule has 0 bridgehead atoms. The fourth-order valence-corrected chi connectivity index (χ4v) is 3.34.